The Morgan fingerprint density at radius 2 is 1.72 bits per heavy atom. The summed E-state index contributed by atoms with van der Waals surface area (Å²) in [5.41, 5.74) is -0.992. The first-order valence-corrected chi connectivity index (χ1v) is 8.98. The first-order valence-electron chi connectivity index (χ1n) is 8.98. The molecule has 0 aromatic heterocycles. The first-order chi connectivity index (χ1) is 11.4. The van der Waals surface area contributed by atoms with Crippen molar-refractivity contribution < 1.29 is 14.3 Å². The highest BCUT2D eigenvalue weighted by molar-refractivity contribution is 5.79. The summed E-state index contributed by atoms with van der Waals surface area (Å²) in [7, 11) is 1.71. The van der Waals surface area contributed by atoms with Crippen LogP contribution in [0.25, 0.3) is 0 Å². The Morgan fingerprint density at radius 1 is 1.08 bits per heavy atom. The maximum absolute atomic E-state index is 11.9. The van der Waals surface area contributed by atoms with E-state index in [2.05, 4.69) is 34.8 Å². The first kappa shape index (κ1) is 23.5. The van der Waals surface area contributed by atoms with E-state index in [-0.39, 0.29) is 0 Å². The second-order valence-corrected chi connectivity index (χ2v) is 8.16. The van der Waals surface area contributed by atoms with Crippen LogP contribution in [0.2, 0.25) is 0 Å². The summed E-state index contributed by atoms with van der Waals surface area (Å²) < 4.78 is 10.9. The van der Waals surface area contributed by atoms with Crippen LogP contribution < -0.4 is 16.0 Å². The Balaban J connectivity index is 4.09. The van der Waals surface area contributed by atoms with Crippen LogP contribution in [0.4, 0.5) is 4.79 Å². The second kappa shape index (κ2) is 11.2. The third kappa shape index (κ3) is 14.5. The van der Waals surface area contributed by atoms with Crippen LogP contribution in [-0.4, -0.2) is 56.5 Å². The number of nitrogens with one attached hydrogen (secondary N) is 3. The van der Waals surface area contributed by atoms with Gasteiger partial charge in [0.1, 0.15) is 5.60 Å². The highest BCUT2D eigenvalue weighted by Crippen LogP contribution is 2.09. The second-order valence-electron chi connectivity index (χ2n) is 8.16. The average molecular weight is 359 g/mol. The topological polar surface area (TPSA) is 84.0 Å². The molecule has 7 heteroatoms. The maximum Gasteiger partial charge on any atom is 0.408 e. The van der Waals surface area contributed by atoms with Crippen LogP contribution >= 0.6 is 0 Å². The minimum absolute atomic E-state index is 0.430. The number of amides is 1. The van der Waals surface area contributed by atoms with Crippen molar-refractivity contribution in [1.82, 2.24) is 16.0 Å². The largest absolute Gasteiger partial charge is 0.444 e. The molecular formula is C18H38N4O3. The van der Waals surface area contributed by atoms with Crippen molar-refractivity contribution in [2.75, 3.05) is 33.4 Å². The number of guanidine groups is 1. The summed E-state index contributed by atoms with van der Waals surface area (Å²) >= 11 is 0. The van der Waals surface area contributed by atoms with Crippen LogP contribution in [-0.2, 0) is 9.47 Å². The molecule has 0 spiro atoms. The lowest BCUT2D eigenvalue weighted by Gasteiger charge is -2.29. The highest BCUT2D eigenvalue weighted by Gasteiger charge is 2.24. The van der Waals surface area contributed by atoms with E-state index in [0.717, 1.165) is 13.0 Å². The molecule has 0 saturated carbocycles. The Bertz CT molecular complexity index is 415. The van der Waals surface area contributed by atoms with E-state index in [4.69, 9.17) is 9.47 Å². The zero-order valence-corrected chi connectivity index (χ0v) is 17.3. The molecule has 0 radical (unpaired) electrons. The summed E-state index contributed by atoms with van der Waals surface area (Å²) in [5.74, 6) is 1.33. The number of aliphatic imine (C=N–C) groups is 1. The standard InChI is InChI=1S/C18H38N4O3/c1-14(2)9-11-24-12-10-20-15(19-8)21-13-18(6,7)22-16(23)25-17(3,4)5/h14H,9-13H2,1-8H3,(H,22,23)(H2,19,20,21). The number of hydrogen-bond donors (Lipinski definition) is 3. The van der Waals surface area contributed by atoms with Gasteiger partial charge in [-0.3, -0.25) is 4.99 Å². The Morgan fingerprint density at radius 3 is 2.24 bits per heavy atom. The number of nitrogens with zero attached hydrogens (tertiary/aromatic N) is 1. The molecule has 0 fully saturated rings. The van der Waals surface area contributed by atoms with Crippen molar-refractivity contribution in [2.45, 2.75) is 66.0 Å². The van der Waals surface area contributed by atoms with Crippen molar-refractivity contribution >= 4 is 12.1 Å². The average Bonchev–Trinajstić information content (AvgIpc) is 2.42. The maximum atomic E-state index is 11.9. The molecule has 148 valence electrons. The number of ether oxygens (including phenoxy) is 2. The van der Waals surface area contributed by atoms with Crippen LogP contribution in [0.15, 0.2) is 4.99 Å². The molecular weight excluding hydrogens is 320 g/mol. The Labute approximate surface area is 153 Å². The molecule has 3 N–H and O–H groups in total. The van der Waals surface area contributed by atoms with Gasteiger partial charge in [-0.25, -0.2) is 4.79 Å². The van der Waals surface area contributed by atoms with Crippen molar-refractivity contribution in [3.05, 3.63) is 0 Å². The Hall–Kier alpha value is -1.50. The Kier molecular flexibility index (Phi) is 10.5. The molecule has 0 unspecified atom stereocenters. The van der Waals surface area contributed by atoms with Gasteiger partial charge < -0.3 is 25.4 Å². The lowest BCUT2D eigenvalue weighted by atomic mass is 10.1. The number of hydrogen-bond acceptors (Lipinski definition) is 4. The predicted molar refractivity (Wildman–Crippen MR) is 103 cm³/mol. The molecule has 0 aliphatic heterocycles. The lowest BCUT2D eigenvalue weighted by molar-refractivity contribution is 0.0474. The van der Waals surface area contributed by atoms with Gasteiger partial charge in [-0.05, 0) is 47.0 Å². The van der Waals surface area contributed by atoms with Crippen molar-refractivity contribution in [2.24, 2.45) is 10.9 Å². The molecule has 0 bridgehead atoms. The summed E-state index contributed by atoms with van der Waals surface area (Å²) in [4.78, 5) is 16.1. The van der Waals surface area contributed by atoms with Gasteiger partial charge in [0.25, 0.3) is 0 Å². The fourth-order valence-electron chi connectivity index (χ4n) is 1.81. The molecule has 0 aliphatic carbocycles. The molecule has 0 aromatic carbocycles. The minimum Gasteiger partial charge on any atom is -0.444 e. The van der Waals surface area contributed by atoms with E-state index >= 15 is 0 Å². The van der Waals surface area contributed by atoms with E-state index in [1.165, 1.54) is 0 Å². The number of alkyl carbamates (subject to hydrolysis) is 1. The molecule has 0 rings (SSSR count). The van der Waals surface area contributed by atoms with E-state index in [1.807, 2.05) is 34.6 Å². The van der Waals surface area contributed by atoms with Gasteiger partial charge in [0.15, 0.2) is 5.96 Å². The minimum atomic E-state index is -0.513. The molecule has 0 aromatic rings. The number of carbonyl (C=O) groups is 1. The monoisotopic (exact) mass is 358 g/mol. The normalized spacial score (nSPS) is 12.9. The third-order valence-corrected chi connectivity index (χ3v) is 3.14. The summed E-state index contributed by atoms with van der Waals surface area (Å²) in [6.07, 6.45) is 0.637. The zero-order valence-electron chi connectivity index (χ0n) is 17.3. The van der Waals surface area contributed by atoms with Gasteiger partial charge >= 0.3 is 6.09 Å². The van der Waals surface area contributed by atoms with Crippen molar-refractivity contribution in [3.63, 3.8) is 0 Å². The van der Waals surface area contributed by atoms with Gasteiger partial charge in [-0.2, -0.15) is 0 Å². The quantitative estimate of drug-likeness (QED) is 0.335. The molecule has 0 aliphatic rings. The fourth-order valence-corrected chi connectivity index (χ4v) is 1.81. The van der Waals surface area contributed by atoms with Crippen molar-refractivity contribution in [1.29, 1.82) is 0 Å². The SMILES string of the molecule is CN=C(NCCOCCC(C)C)NCC(C)(C)NC(=O)OC(C)(C)C. The molecule has 25 heavy (non-hydrogen) atoms. The molecule has 0 saturated heterocycles. The summed E-state index contributed by atoms with van der Waals surface area (Å²) in [6.45, 7) is 16.3. The van der Waals surface area contributed by atoms with Gasteiger partial charge in [0.05, 0.1) is 12.1 Å². The highest BCUT2D eigenvalue weighted by atomic mass is 16.6. The van der Waals surface area contributed by atoms with Gasteiger partial charge in [0.2, 0.25) is 0 Å². The van der Waals surface area contributed by atoms with E-state index in [9.17, 15) is 4.79 Å². The predicted octanol–water partition coefficient (Wildman–Crippen LogP) is 2.52. The molecule has 1 amide bonds. The van der Waals surface area contributed by atoms with Gasteiger partial charge in [0, 0.05) is 26.7 Å². The van der Waals surface area contributed by atoms with Gasteiger partial charge in [-0.1, -0.05) is 13.8 Å². The van der Waals surface area contributed by atoms with Crippen LogP contribution in [0.3, 0.4) is 0 Å². The zero-order chi connectivity index (χ0) is 19.5. The smallest absolute Gasteiger partial charge is 0.408 e. The molecule has 0 atom stereocenters. The third-order valence-electron chi connectivity index (χ3n) is 3.14. The van der Waals surface area contributed by atoms with E-state index in [0.29, 0.717) is 31.6 Å². The summed E-state index contributed by atoms with van der Waals surface area (Å²) in [5, 5.41) is 9.25. The number of rotatable bonds is 9. The lowest BCUT2D eigenvalue weighted by Crippen LogP contribution is -2.54. The van der Waals surface area contributed by atoms with Crippen LogP contribution in [0.5, 0.6) is 0 Å². The van der Waals surface area contributed by atoms with Crippen LogP contribution in [0, 0.1) is 5.92 Å². The van der Waals surface area contributed by atoms with E-state index < -0.39 is 17.2 Å². The summed E-state index contributed by atoms with van der Waals surface area (Å²) in [6, 6.07) is 0. The van der Waals surface area contributed by atoms with Gasteiger partial charge in [-0.15, -0.1) is 0 Å². The van der Waals surface area contributed by atoms with Crippen LogP contribution in [0.1, 0.15) is 54.9 Å². The number of carbonyl (C=O) groups excluding carboxylic acids is 1. The molecule has 7 nitrogen and oxygen atoms in total. The molecule has 0 heterocycles. The van der Waals surface area contributed by atoms with Crippen molar-refractivity contribution in [3.8, 4) is 0 Å². The fraction of sp³-hybridized carbons (Fsp3) is 0.889. The van der Waals surface area contributed by atoms with E-state index in [1.54, 1.807) is 7.05 Å².